The van der Waals surface area contributed by atoms with Crippen LogP contribution in [0.3, 0.4) is 0 Å². The molecule has 0 radical (unpaired) electrons. The molecule has 78 valence electrons. The summed E-state index contributed by atoms with van der Waals surface area (Å²) in [4.78, 5) is 8.29. The van der Waals surface area contributed by atoms with Crippen molar-refractivity contribution in [2.24, 2.45) is 0 Å². The molecular formula is C10H16N2O2. The van der Waals surface area contributed by atoms with Gasteiger partial charge in [-0.25, -0.2) is 4.98 Å². The summed E-state index contributed by atoms with van der Waals surface area (Å²) < 4.78 is 5.02. The molecule has 1 aromatic heterocycles. The number of aromatic nitrogens is 2. The van der Waals surface area contributed by atoms with E-state index < -0.39 is 0 Å². The molecular weight excluding hydrogens is 180 g/mol. The molecule has 0 aromatic carbocycles. The summed E-state index contributed by atoms with van der Waals surface area (Å²) in [6, 6.07) is 1.76. The van der Waals surface area contributed by atoms with Gasteiger partial charge in [0.25, 0.3) is 0 Å². The van der Waals surface area contributed by atoms with E-state index in [1.54, 1.807) is 13.2 Å². The Morgan fingerprint density at radius 3 is 2.79 bits per heavy atom. The van der Waals surface area contributed by atoms with Crippen LogP contribution in [0.5, 0.6) is 5.88 Å². The standard InChI is InChI=1S/C10H16N2O2/c1-4-9(13)5-8-6-10(14-3)12-7(2)11-8/h6,9,13H,4-5H2,1-3H3. The SMILES string of the molecule is CCC(O)Cc1cc(OC)nc(C)n1. The van der Waals surface area contributed by atoms with Crippen LogP contribution in [0.2, 0.25) is 0 Å². The summed E-state index contributed by atoms with van der Waals surface area (Å²) in [7, 11) is 1.57. The normalized spacial score (nSPS) is 12.6. The lowest BCUT2D eigenvalue weighted by Gasteiger charge is -2.08. The molecule has 0 fully saturated rings. The summed E-state index contributed by atoms with van der Waals surface area (Å²) in [5.41, 5.74) is 0.823. The molecule has 0 amide bonds. The lowest BCUT2D eigenvalue weighted by molar-refractivity contribution is 0.169. The molecule has 1 heterocycles. The first-order valence-corrected chi connectivity index (χ1v) is 4.72. The Bertz CT molecular complexity index is 302. The fourth-order valence-electron chi connectivity index (χ4n) is 1.19. The van der Waals surface area contributed by atoms with Gasteiger partial charge in [0.15, 0.2) is 0 Å². The van der Waals surface area contributed by atoms with Gasteiger partial charge in [-0.3, -0.25) is 0 Å². The summed E-state index contributed by atoms with van der Waals surface area (Å²) in [5.74, 6) is 1.22. The Hall–Kier alpha value is -1.16. The Balaban J connectivity index is 2.81. The monoisotopic (exact) mass is 196 g/mol. The van der Waals surface area contributed by atoms with Crippen LogP contribution in [0.1, 0.15) is 24.9 Å². The molecule has 0 saturated heterocycles. The number of rotatable bonds is 4. The van der Waals surface area contributed by atoms with Gasteiger partial charge in [-0.15, -0.1) is 0 Å². The Kier molecular flexibility index (Phi) is 3.83. The smallest absolute Gasteiger partial charge is 0.216 e. The Morgan fingerprint density at radius 1 is 1.50 bits per heavy atom. The first-order valence-electron chi connectivity index (χ1n) is 4.72. The van der Waals surface area contributed by atoms with Crippen LogP contribution in [0, 0.1) is 6.92 Å². The maximum Gasteiger partial charge on any atom is 0.216 e. The molecule has 0 aliphatic rings. The van der Waals surface area contributed by atoms with Gasteiger partial charge in [-0.2, -0.15) is 4.98 Å². The van der Waals surface area contributed by atoms with Gasteiger partial charge in [0.1, 0.15) is 5.82 Å². The third kappa shape index (κ3) is 2.96. The molecule has 1 rings (SSSR count). The second-order valence-electron chi connectivity index (χ2n) is 3.22. The fraction of sp³-hybridized carbons (Fsp3) is 0.600. The fourth-order valence-corrected chi connectivity index (χ4v) is 1.19. The summed E-state index contributed by atoms with van der Waals surface area (Å²) >= 11 is 0. The molecule has 0 spiro atoms. The summed E-state index contributed by atoms with van der Waals surface area (Å²) in [6.45, 7) is 3.75. The van der Waals surface area contributed by atoms with Crippen LogP contribution in [0.4, 0.5) is 0 Å². The number of hydrogen-bond donors (Lipinski definition) is 1. The zero-order valence-electron chi connectivity index (χ0n) is 8.82. The van der Waals surface area contributed by atoms with E-state index in [0.717, 1.165) is 12.1 Å². The van der Waals surface area contributed by atoms with Crippen LogP contribution in [0.25, 0.3) is 0 Å². The average Bonchev–Trinajstić information content (AvgIpc) is 2.16. The zero-order chi connectivity index (χ0) is 10.6. The van der Waals surface area contributed by atoms with E-state index in [1.807, 2.05) is 13.8 Å². The van der Waals surface area contributed by atoms with E-state index in [4.69, 9.17) is 4.74 Å². The number of aliphatic hydroxyl groups excluding tert-OH is 1. The zero-order valence-corrected chi connectivity index (χ0v) is 8.82. The van der Waals surface area contributed by atoms with E-state index in [-0.39, 0.29) is 6.10 Å². The minimum Gasteiger partial charge on any atom is -0.481 e. The molecule has 14 heavy (non-hydrogen) atoms. The van der Waals surface area contributed by atoms with Crippen molar-refractivity contribution in [2.75, 3.05) is 7.11 Å². The average molecular weight is 196 g/mol. The van der Waals surface area contributed by atoms with Gasteiger partial charge < -0.3 is 9.84 Å². The lowest BCUT2D eigenvalue weighted by atomic mass is 10.1. The molecule has 1 atom stereocenters. The third-order valence-electron chi connectivity index (χ3n) is 1.99. The van der Waals surface area contributed by atoms with Crippen molar-refractivity contribution in [3.05, 3.63) is 17.6 Å². The molecule has 1 unspecified atom stereocenters. The molecule has 0 bridgehead atoms. The van der Waals surface area contributed by atoms with E-state index in [1.165, 1.54) is 0 Å². The quantitative estimate of drug-likeness (QED) is 0.783. The number of aliphatic hydroxyl groups is 1. The van der Waals surface area contributed by atoms with Gasteiger partial charge in [0.2, 0.25) is 5.88 Å². The van der Waals surface area contributed by atoms with Crippen LogP contribution in [-0.2, 0) is 6.42 Å². The molecule has 0 aliphatic heterocycles. The number of aryl methyl sites for hydroxylation is 1. The second kappa shape index (κ2) is 4.91. The first kappa shape index (κ1) is 10.9. The van der Waals surface area contributed by atoms with Crippen molar-refractivity contribution in [2.45, 2.75) is 32.8 Å². The van der Waals surface area contributed by atoms with Crippen molar-refractivity contribution in [3.63, 3.8) is 0 Å². The van der Waals surface area contributed by atoms with Crippen LogP contribution >= 0.6 is 0 Å². The molecule has 0 aliphatic carbocycles. The number of methoxy groups -OCH3 is 1. The van der Waals surface area contributed by atoms with Crippen molar-refractivity contribution < 1.29 is 9.84 Å². The van der Waals surface area contributed by atoms with Crippen molar-refractivity contribution in [3.8, 4) is 5.88 Å². The van der Waals surface area contributed by atoms with Crippen LogP contribution in [0.15, 0.2) is 6.07 Å². The highest BCUT2D eigenvalue weighted by Crippen LogP contribution is 2.10. The molecule has 1 N–H and O–H groups in total. The van der Waals surface area contributed by atoms with Crippen molar-refractivity contribution >= 4 is 0 Å². The number of hydrogen-bond acceptors (Lipinski definition) is 4. The number of ether oxygens (including phenoxy) is 1. The summed E-state index contributed by atoms with van der Waals surface area (Å²) in [6.07, 6.45) is 0.940. The largest absolute Gasteiger partial charge is 0.481 e. The predicted molar refractivity (Wildman–Crippen MR) is 53.3 cm³/mol. The van der Waals surface area contributed by atoms with E-state index in [9.17, 15) is 5.11 Å². The van der Waals surface area contributed by atoms with Gasteiger partial charge >= 0.3 is 0 Å². The van der Waals surface area contributed by atoms with Crippen molar-refractivity contribution in [1.82, 2.24) is 9.97 Å². The molecule has 0 saturated carbocycles. The third-order valence-corrected chi connectivity index (χ3v) is 1.99. The maximum absolute atomic E-state index is 9.46. The molecule has 1 aromatic rings. The molecule has 4 heteroatoms. The highest BCUT2D eigenvalue weighted by molar-refractivity contribution is 5.16. The van der Waals surface area contributed by atoms with E-state index >= 15 is 0 Å². The van der Waals surface area contributed by atoms with E-state index in [2.05, 4.69) is 9.97 Å². The topological polar surface area (TPSA) is 55.2 Å². The minimum absolute atomic E-state index is 0.339. The van der Waals surface area contributed by atoms with Gasteiger partial charge in [0, 0.05) is 12.5 Å². The predicted octanol–water partition coefficient (Wildman–Crippen LogP) is 1.11. The maximum atomic E-state index is 9.46. The van der Waals surface area contributed by atoms with Gasteiger partial charge in [0.05, 0.1) is 18.9 Å². The van der Waals surface area contributed by atoms with Crippen molar-refractivity contribution in [1.29, 1.82) is 0 Å². The minimum atomic E-state index is -0.339. The Morgan fingerprint density at radius 2 is 2.21 bits per heavy atom. The highest BCUT2D eigenvalue weighted by Gasteiger charge is 2.06. The number of nitrogens with zero attached hydrogens (tertiary/aromatic N) is 2. The highest BCUT2D eigenvalue weighted by atomic mass is 16.5. The Labute approximate surface area is 84.0 Å². The van der Waals surface area contributed by atoms with Gasteiger partial charge in [-0.05, 0) is 13.3 Å². The molecule has 4 nitrogen and oxygen atoms in total. The first-order chi connectivity index (χ1) is 6.65. The van der Waals surface area contributed by atoms with Gasteiger partial charge in [-0.1, -0.05) is 6.92 Å². The summed E-state index contributed by atoms with van der Waals surface area (Å²) in [5, 5.41) is 9.46. The lowest BCUT2D eigenvalue weighted by Crippen LogP contribution is -2.10. The van der Waals surface area contributed by atoms with Crippen LogP contribution < -0.4 is 4.74 Å². The second-order valence-corrected chi connectivity index (χ2v) is 3.22. The van der Waals surface area contributed by atoms with E-state index in [0.29, 0.717) is 18.1 Å². The van der Waals surface area contributed by atoms with Crippen LogP contribution in [-0.4, -0.2) is 28.3 Å².